The number of carboxylic acid groups (broad SMARTS) is 2. The Labute approximate surface area is 443 Å². The highest BCUT2D eigenvalue weighted by molar-refractivity contribution is 5.98. The van der Waals surface area contributed by atoms with Gasteiger partial charge in [0.15, 0.2) is 0 Å². The quantitative estimate of drug-likeness (QED) is 0.0195. The van der Waals surface area contributed by atoms with Crippen molar-refractivity contribution in [2.45, 2.75) is 120 Å². The number of aromatic nitrogens is 12. The van der Waals surface area contributed by atoms with Crippen molar-refractivity contribution in [3.63, 3.8) is 0 Å². The van der Waals surface area contributed by atoms with Crippen LogP contribution in [0.2, 0.25) is 0 Å². The smallest absolute Gasteiger partial charge is 0.326 e. The number of nitrogens with one attached hydrogen (secondary N) is 13. The summed E-state index contributed by atoms with van der Waals surface area (Å²) in [5.41, 5.74) is 8.33. The number of carboxylic acids is 2. The fourth-order valence-corrected chi connectivity index (χ4v) is 8.01. The first-order chi connectivity index (χ1) is 37.4. The van der Waals surface area contributed by atoms with Crippen LogP contribution >= 0.6 is 0 Å². The lowest BCUT2D eigenvalue weighted by Gasteiger charge is -2.28. The van der Waals surface area contributed by atoms with E-state index in [0.29, 0.717) is 34.2 Å². The standard InChI is InChI=1S/C47H62N20O11/c1-24(2)5-31(48)40(70)61-32(3-4-39(68)69)41(71)62-33(6-25-12-49-18-55-25)42(72)63-34(7-26-13-50-19-56-26)43(73)64-35(8-27-14-51-20-57-27)44(74)65-36(9-28-15-52-21-58-28)45(75)66-37(10-29-16-53-22-59-29)46(76)67-38(47(77)78)11-30-17-54-23-60-30/h12-24,31-38H,3-11,48H2,1-2H3,(H,49,55)(H,50,56)(H,51,57)(H,52,58)(H,53,59)(H,54,60)(H,61,70)(H,62,71)(H,63,72)(H,64,73)(H,65,74)(H,66,75)(H,67,76)(H,68,69)(H,77,78). The Morgan fingerprint density at radius 1 is 0.410 bits per heavy atom. The minimum atomic E-state index is -1.51. The molecule has 7 amide bonds. The van der Waals surface area contributed by atoms with E-state index in [2.05, 4.69) is 97.0 Å². The molecule has 0 aliphatic carbocycles. The topological polar surface area (TPSA) is 476 Å². The predicted octanol–water partition coefficient (Wildman–Crippen LogP) is -3.50. The first-order valence-corrected chi connectivity index (χ1v) is 24.6. The first kappa shape index (κ1) is 57.7. The maximum absolute atomic E-state index is 14.6. The largest absolute Gasteiger partial charge is 0.481 e. The zero-order valence-corrected chi connectivity index (χ0v) is 42.3. The van der Waals surface area contributed by atoms with Crippen molar-refractivity contribution >= 4 is 53.3 Å². The number of hydrogen-bond donors (Lipinski definition) is 16. The minimum Gasteiger partial charge on any atom is -0.481 e. The molecule has 0 saturated heterocycles. The molecule has 6 aromatic heterocycles. The Kier molecular flexibility index (Phi) is 21.0. The van der Waals surface area contributed by atoms with Crippen molar-refractivity contribution in [3.05, 3.63) is 109 Å². The maximum atomic E-state index is 14.6. The molecular weight excluding hydrogens is 1020 g/mol. The molecule has 0 aliphatic rings. The number of aromatic amines is 6. The van der Waals surface area contributed by atoms with Gasteiger partial charge in [-0.05, 0) is 18.8 Å². The third-order valence-corrected chi connectivity index (χ3v) is 12.0. The summed E-state index contributed by atoms with van der Waals surface area (Å²) >= 11 is 0. The van der Waals surface area contributed by atoms with E-state index in [0.717, 1.165) is 0 Å². The number of rotatable bonds is 32. The van der Waals surface area contributed by atoms with Gasteiger partial charge in [-0.1, -0.05) is 13.8 Å². The highest BCUT2D eigenvalue weighted by Gasteiger charge is 2.36. The Hall–Kier alpha value is -9.55. The van der Waals surface area contributed by atoms with Crippen LogP contribution in [-0.2, 0) is 81.7 Å². The maximum Gasteiger partial charge on any atom is 0.326 e. The molecule has 0 spiro atoms. The number of imidazole rings is 6. The molecule has 6 heterocycles. The molecule has 31 heteroatoms. The van der Waals surface area contributed by atoms with Crippen molar-refractivity contribution in [1.82, 2.24) is 97.0 Å². The van der Waals surface area contributed by atoms with Crippen molar-refractivity contribution < 1.29 is 53.4 Å². The summed E-state index contributed by atoms with van der Waals surface area (Å²) in [5, 5.41) is 37.7. The average molecular weight is 1080 g/mol. The second-order valence-corrected chi connectivity index (χ2v) is 18.6. The molecule has 0 aromatic carbocycles. The van der Waals surface area contributed by atoms with Gasteiger partial charge in [0.05, 0.1) is 44.0 Å². The van der Waals surface area contributed by atoms with Crippen LogP contribution in [0.5, 0.6) is 0 Å². The molecule has 0 fully saturated rings. The second kappa shape index (κ2) is 28.4. The van der Waals surface area contributed by atoms with Gasteiger partial charge in [0.25, 0.3) is 0 Å². The third kappa shape index (κ3) is 18.1. The molecule has 0 bridgehead atoms. The molecule has 6 aromatic rings. The summed E-state index contributed by atoms with van der Waals surface area (Å²) in [6.07, 6.45) is 14.5. The molecule has 0 saturated carbocycles. The molecule has 78 heavy (non-hydrogen) atoms. The molecule has 6 rings (SSSR count). The molecule has 17 N–H and O–H groups in total. The van der Waals surface area contributed by atoms with Crippen LogP contribution in [0, 0.1) is 5.92 Å². The number of nitrogens with zero attached hydrogens (tertiary/aromatic N) is 6. The van der Waals surface area contributed by atoms with Crippen LogP contribution in [0.3, 0.4) is 0 Å². The number of carbonyl (C=O) groups is 9. The van der Waals surface area contributed by atoms with Crippen LogP contribution in [0.25, 0.3) is 0 Å². The summed E-state index contributed by atoms with van der Waals surface area (Å²) in [5.74, 6) is -8.81. The molecule has 8 atom stereocenters. The number of H-pyrrole nitrogens is 6. The number of amides is 7. The fraction of sp³-hybridized carbons (Fsp3) is 0.426. The summed E-state index contributed by atoms with van der Waals surface area (Å²) in [6.45, 7) is 3.69. The lowest BCUT2D eigenvalue weighted by atomic mass is 10.0. The molecule has 416 valence electrons. The first-order valence-electron chi connectivity index (χ1n) is 24.6. The zero-order chi connectivity index (χ0) is 56.1. The highest BCUT2D eigenvalue weighted by Crippen LogP contribution is 2.11. The van der Waals surface area contributed by atoms with Gasteiger partial charge in [0, 0.05) is 116 Å². The van der Waals surface area contributed by atoms with Crippen molar-refractivity contribution in [2.24, 2.45) is 11.7 Å². The molecular formula is C47H62N20O11. The molecule has 31 nitrogen and oxygen atoms in total. The lowest BCUT2D eigenvalue weighted by Crippen LogP contribution is -2.61. The molecule has 8 unspecified atom stereocenters. The third-order valence-electron chi connectivity index (χ3n) is 12.0. The van der Waals surface area contributed by atoms with Crippen LogP contribution in [0.15, 0.2) is 75.1 Å². The Morgan fingerprint density at radius 3 is 0.885 bits per heavy atom. The summed E-state index contributed by atoms with van der Waals surface area (Å²) < 4.78 is 0. The summed E-state index contributed by atoms with van der Waals surface area (Å²) in [6, 6.07) is -11.4. The van der Waals surface area contributed by atoms with Crippen molar-refractivity contribution in [2.75, 3.05) is 0 Å². The SMILES string of the molecule is CC(C)CC(N)C(=O)NC(CCC(=O)O)C(=O)NC(Cc1cnc[nH]1)C(=O)NC(Cc1cnc[nH]1)C(=O)NC(Cc1cnc[nH]1)C(=O)NC(Cc1cnc[nH]1)C(=O)NC(Cc1cnc[nH]1)C(=O)NC(Cc1cnc[nH]1)C(=O)O. The van der Waals surface area contributed by atoms with E-state index in [1.165, 1.54) is 75.1 Å². The fourth-order valence-electron chi connectivity index (χ4n) is 8.01. The van der Waals surface area contributed by atoms with Crippen molar-refractivity contribution in [3.8, 4) is 0 Å². The van der Waals surface area contributed by atoms with E-state index < -0.39 is 108 Å². The zero-order valence-electron chi connectivity index (χ0n) is 42.3. The molecule has 0 radical (unpaired) electrons. The van der Waals surface area contributed by atoms with E-state index in [-0.39, 0.29) is 57.3 Å². The van der Waals surface area contributed by atoms with Crippen LogP contribution < -0.4 is 43.0 Å². The second-order valence-electron chi connectivity index (χ2n) is 18.6. The van der Waals surface area contributed by atoms with E-state index in [9.17, 15) is 53.4 Å². The van der Waals surface area contributed by atoms with Crippen LogP contribution in [-0.4, -0.2) is 172 Å². The van der Waals surface area contributed by atoms with Gasteiger partial charge >= 0.3 is 11.9 Å². The monoisotopic (exact) mass is 1080 g/mol. The predicted molar refractivity (Wildman–Crippen MR) is 269 cm³/mol. The van der Waals surface area contributed by atoms with E-state index in [1.807, 2.05) is 13.8 Å². The average Bonchev–Trinajstić information content (AvgIpc) is 4.26. The van der Waals surface area contributed by atoms with E-state index in [1.54, 1.807) is 0 Å². The number of aliphatic carboxylic acids is 2. The van der Waals surface area contributed by atoms with E-state index in [4.69, 9.17) is 5.73 Å². The van der Waals surface area contributed by atoms with Crippen LogP contribution in [0.4, 0.5) is 0 Å². The number of carbonyl (C=O) groups excluding carboxylic acids is 7. The molecule has 0 aliphatic heterocycles. The number of nitrogens with two attached hydrogens (primary N) is 1. The minimum absolute atomic E-state index is 0.0122. The lowest BCUT2D eigenvalue weighted by molar-refractivity contribution is -0.142. The van der Waals surface area contributed by atoms with Gasteiger partial charge in [-0.15, -0.1) is 0 Å². The summed E-state index contributed by atoms with van der Waals surface area (Å²) in [4.78, 5) is 164. The highest BCUT2D eigenvalue weighted by atomic mass is 16.4. The van der Waals surface area contributed by atoms with Gasteiger partial charge in [-0.3, -0.25) is 38.4 Å². The van der Waals surface area contributed by atoms with Gasteiger partial charge in [-0.25, -0.2) is 34.7 Å². The summed E-state index contributed by atoms with van der Waals surface area (Å²) in [7, 11) is 0. The normalized spacial score (nSPS) is 14.3. The van der Waals surface area contributed by atoms with Gasteiger partial charge in [0.1, 0.15) is 42.3 Å². The van der Waals surface area contributed by atoms with Crippen molar-refractivity contribution in [1.29, 1.82) is 0 Å². The van der Waals surface area contributed by atoms with Crippen LogP contribution in [0.1, 0.15) is 67.3 Å². The number of hydrogen-bond acceptors (Lipinski definition) is 16. The van der Waals surface area contributed by atoms with E-state index >= 15 is 0 Å². The van der Waals surface area contributed by atoms with Gasteiger partial charge < -0.3 is 83.1 Å². The Balaban J connectivity index is 1.24. The van der Waals surface area contributed by atoms with Gasteiger partial charge in [-0.2, -0.15) is 0 Å². The Morgan fingerprint density at radius 2 is 0.654 bits per heavy atom. The Bertz CT molecular complexity index is 2860. The van der Waals surface area contributed by atoms with Gasteiger partial charge in [0.2, 0.25) is 41.4 Å².